The molecule has 1 aromatic rings. The molecule has 0 radical (unpaired) electrons. The van der Waals surface area contributed by atoms with Gasteiger partial charge < -0.3 is 14.2 Å². The summed E-state index contributed by atoms with van der Waals surface area (Å²) in [6.45, 7) is 5.11. The minimum Gasteiger partial charge on any atom is -0.463 e. The van der Waals surface area contributed by atoms with Gasteiger partial charge in [0.2, 0.25) is 0 Å². The van der Waals surface area contributed by atoms with Crippen LogP contribution in [0.15, 0.2) is 35.3 Å². The molecule has 0 saturated heterocycles. The van der Waals surface area contributed by atoms with Crippen molar-refractivity contribution in [1.29, 1.82) is 0 Å². The average Bonchev–Trinajstić information content (AvgIpc) is 3.04. The number of rotatable bonds is 6. The Hall–Kier alpha value is -3.10. The molecule has 0 spiro atoms. The van der Waals surface area contributed by atoms with Gasteiger partial charge in [0.25, 0.3) is 5.66 Å². The van der Waals surface area contributed by atoms with Crippen LogP contribution < -0.4 is 0 Å². The molecule has 0 fully saturated rings. The topological polar surface area (TPSA) is 97.7 Å². The van der Waals surface area contributed by atoms with E-state index in [0.29, 0.717) is 0 Å². The van der Waals surface area contributed by atoms with Gasteiger partial charge in [0, 0.05) is 6.42 Å². The Morgan fingerprint density at radius 3 is 2.11 bits per heavy atom. The minimum atomic E-state index is -1.81. The first-order valence-electron chi connectivity index (χ1n) is 8.69. The number of hydrogen-bond acceptors (Lipinski definition) is 7. The first-order chi connectivity index (χ1) is 13.0. The summed E-state index contributed by atoms with van der Waals surface area (Å²) in [5, 5.41) is 1.68. The number of hydrogen-bond donors (Lipinski definition) is 0. The molecule has 1 unspecified atom stereocenters. The van der Waals surface area contributed by atoms with Gasteiger partial charge in [-0.3, -0.25) is 0 Å². The van der Waals surface area contributed by atoms with Gasteiger partial charge in [-0.15, -0.1) is 0 Å². The molecule has 9 heteroatoms. The van der Waals surface area contributed by atoms with Crippen LogP contribution in [0.2, 0.25) is 0 Å². The lowest BCUT2D eigenvalue weighted by atomic mass is 9.99. The number of benzene rings is 1. The van der Waals surface area contributed by atoms with Gasteiger partial charge in [-0.05, 0) is 26.3 Å². The maximum atomic E-state index is 12.9. The molecule has 146 valence electrons. The number of carbonyl (C=O) groups is 3. The van der Waals surface area contributed by atoms with Crippen molar-refractivity contribution < 1.29 is 28.6 Å². The zero-order valence-electron chi connectivity index (χ0n) is 15.6. The number of amides is 2. The van der Waals surface area contributed by atoms with Gasteiger partial charge in [0.15, 0.2) is 0 Å². The van der Waals surface area contributed by atoms with E-state index in [4.69, 9.17) is 14.2 Å². The smallest absolute Gasteiger partial charge is 0.434 e. The van der Waals surface area contributed by atoms with E-state index in [2.05, 4.69) is 4.99 Å². The number of ether oxygens (including phenoxy) is 3. The highest BCUT2D eigenvalue weighted by Crippen LogP contribution is 2.31. The van der Waals surface area contributed by atoms with Crippen molar-refractivity contribution in [3.8, 4) is 0 Å². The first kappa shape index (κ1) is 20.2. The standard InChI is InChI=1S/C18H23N3O6/c1-4-25-15(22)18(12-14-10-8-7-9-11-14)19-13-20(16(23)26-5-2)21(18)17(24)27-6-3/h7-11,13H,4-6,12H2,1-3H3. The van der Waals surface area contributed by atoms with Gasteiger partial charge in [0.1, 0.15) is 6.34 Å². The van der Waals surface area contributed by atoms with E-state index in [-0.39, 0.29) is 26.2 Å². The van der Waals surface area contributed by atoms with Gasteiger partial charge in [-0.25, -0.2) is 19.4 Å². The molecule has 0 aromatic heterocycles. The Balaban J connectivity index is 2.50. The largest absolute Gasteiger partial charge is 0.463 e. The van der Waals surface area contributed by atoms with E-state index in [1.54, 1.807) is 45.0 Å². The molecule has 1 aliphatic heterocycles. The van der Waals surface area contributed by atoms with Crippen LogP contribution in [-0.4, -0.2) is 60.0 Å². The molecule has 1 aliphatic rings. The molecule has 0 bridgehead atoms. The summed E-state index contributed by atoms with van der Waals surface area (Å²) in [7, 11) is 0. The highest BCUT2D eigenvalue weighted by Gasteiger charge is 2.56. The monoisotopic (exact) mass is 377 g/mol. The number of carbonyl (C=O) groups excluding carboxylic acids is 3. The minimum absolute atomic E-state index is 0.00209. The third kappa shape index (κ3) is 4.18. The van der Waals surface area contributed by atoms with E-state index in [0.717, 1.165) is 21.9 Å². The maximum Gasteiger partial charge on any atom is 0.434 e. The summed E-state index contributed by atoms with van der Waals surface area (Å²) in [6.07, 6.45) is -0.687. The summed E-state index contributed by atoms with van der Waals surface area (Å²) >= 11 is 0. The van der Waals surface area contributed by atoms with Crippen molar-refractivity contribution in [3.63, 3.8) is 0 Å². The van der Waals surface area contributed by atoms with E-state index in [1.807, 2.05) is 6.07 Å². The number of aliphatic imine (C=N–C) groups is 1. The quantitative estimate of drug-likeness (QED) is 0.558. The molecule has 0 aliphatic carbocycles. The van der Waals surface area contributed by atoms with Crippen molar-refractivity contribution in [2.24, 2.45) is 4.99 Å². The fraction of sp³-hybridized carbons (Fsp3) is 0.444. The van der Waals surface area contributed by atoms with Crippen LogP contribution in [0.25, 0.3) is 0 Å². The number of nitrogens with zero attached hydrogens (tertiary/aromatic N) is 3. The van der Waals surface area contributed by atoms with Gasteiger partial charge >= 0.3 is 18.2 Å². The van der Waals surface area contributed by atoms with Crippen LogP contribution in [0, 0.1) is 0 Å². The molecule has 27 heavy (non-hydrogen) atoms. The predicted molar refractivity (Wildman–Crippen MR) is 95.7 cm³/mol. The molecule has 1 heterocycles. The van der Waals surface area contributed by atoms with Crippen molar-refractivity contribution >= 4 is 24.5 Å². The molecule has 9 nitrogen and oxygen atoms in total. The van der Waals surface area contributed by atoms with Crippen LogP contribution >= 0.6 is 0 Å². The van der Waals surface area contributed by atoms with Crippen LogP contribution in [0.5, 0.6) is 0 Å². The number of esters is 1. The van der Waals surface area contributed by atoms with Crippen LogP contribution in [0.4, 0.5) is 9.59 Å². The molecule has 2 amide bonds. The average molecular weight is 377 g/mol. The Labute approximate surface area is 157 Å². The molecule has 2 rings (SSSR count). The lowest BCUT2D eigenvalue weighted by molar-refractivity contribution is -0.160. The lowest BCUT2D eigenvalue weighted by Crippen LogP contribution is -2.61. The second kappa shape index (κ2) is 9.02. The summed E-state index contributed by atoms with van der Waals surface area (Å²) in [5.41, 5.74) is -1.08. The second-order valence-corrected chi connectivity index (χ2v) is 5.50. The highest BCUT2D eigenvalue weighted by molar-refractivity contribution is 5.95. The normalized spacial score (nSPS) is 18.3. The Bertz CT molecular complexity index is 708. The van der Waals surface area contributed by atoms with Crippen molar-refractivity contribution in [2.75, 3.05) is 19.8 Å². The fourth-order valence-electron chi connectivity index (χ4n) is 2.64. The molecular weight excluding hydrogens is 354 g/mol. The summed E-state index contributed by atoms with van der Waals surface area (Å²) in [6, 6.07) is 8.99. The Kier molecular flexibility index (Phi) is 6.75. The van der Waals surface area contributed by atoms with Gasteiger partial charge in [-0.2, -0.15) is 10.0 Å². The predicted octanol–water partition coefficient (Wildman–Crippen LogP) is 2.36. The first-order valence-corrected chi connectivity index (χ1v) is 8.69. The third-order valence-corrected chi connectivity index (χ3v) is 3.74. The van der Waals surface area contributed by atoms with E-state index < -0.39 is 23.8 Å². The Morgan fingerprint density at radius 2 is 1.52 bits per heavy atom. The third-order valence-electron chi connectivity index (χ3n) is 3.74. The van der Waals surface area contributed by atoms with Crippen LogP contribution in [0.1, 0.15) is 26.3 Å². The van der Waals surface area contributed by atoms with Crippen LogP contribution in [-0.2, 0) is 25.4 Å². The van der Waals surface area contributed by atoms with Crippen molar-refractivity contribution in [1.82, 2.24) is 10.0 Å². The van der Waals surface area contributed by atoms with Crippen molar-refractivity contribution in [3.05, 3.63) is 35.9 Å². The van der Waals surface area contributed by atoms with E-state index >= 15 is 0 Å². The molecule has 0 saturated carbocycles. The lowest BCUT2D eigenvalue weighted by Gasteiger charge is -2.35. The number of hydrazine groups is 1. The fourth-order valence-corrected chi connectivity index (χ4v) is 2.64. The van der Waals surface area contributed by atoms with E-state index in [9.17, 15) is 14.4 Å². The van der Waals surface area contributed by atoms with Crippen LogP contribution in [0.3, 0.4) is 0 Å². The zero-order chi connectivity index (χ0) is 19.9. The summed E-state index contributed by atoms with van der Waals surface area (Å²) in [4.78, 5) is 42.0. The SMILES string of the molecule is CCOC(=O)N1C=NC(Cc2ccccc2)(C(=O)OCC)N1C(=O)OCC. The van der Waals surface area contributed by atoms with Gasteiger partial charge in [-0.1, -0.05) is 30.3 Å². The van der Waals surface area contributed by atoms with Gasteiger partial charge in [0.05, 0.1) is 19.8 Å². The summed E-state index contributed by atoms with van der Waals surface area (Å²) in [5.74, 6) is -0.773. The van der Waals surface area contributed by atoms with Crippen molar-refractivity contribution in [2.45, 2.75) is 32.9 Å². The maximum absolute atomic E-state index is 12.9. The highest BCUT2D eigenvalue weighted by atomic mass is 16.6. The molecular formula is C18H23N3O6. The Morgan fingerprint density at radius 1 is 0.926 bits per heavy atom. The zero-order valence-corrected chi connectivity index (χ0v) is 15.6. The van der Waals surface area contributed by atoms with E-state index in [1.165, 1.54) is 0 Å². The summed E-state index contributed by atoms with van der Waals surface area (Å²) < 4.78 is 15.2. The molecule has 1 aromatic carbocycles. The molecule has 0 N–H and O–H groups in total. The molecule has 1 atom stereocenters. The second-order valence-electron chi connectivity index (χ2n) is 5.50.